The first kappa shape index (κ1) is 24.0. The number of hydrogen-bond acceptors (Lipinski definition) is 6. The molecule has 1 aliphatic rings. The van der Waals surface area contributed by atoms with Gasteiger partial charge in [-0.15, -0.1) is 0 Å². The summed E-state index contributed by atoms with van der Waals surface area (Å²) in [7, 11) is 0. The molecule has 0 aliphatic carbocycles. The van der Waals surface area contributed by atoms with Gasteiger partial charge >= 0.3 is 18.4 Å². The Bertz CT molecular complexity index is 1220. The number of hydrogen-bond donors (Lipinski definition) is 0. The van der Waals surface area contributed by atoms with E-state index in [9.17, 15) is 31.1 Å². The van der Waals surface area contributed by atoms with Crippen LogP contribution in [0.15, 0.2) is 61.5 Å². The van der Waals surface area contributed by atoms with Crippen molar-refractivity contribution in [2.75, 3.05) is 11.5 Å². The van der Waals surface area contributed by atoms with Gasteiger partial charge in [0.2, 0.25) is 0 Å². The van der Waals surface area contributed by atoms with E-state index in [2.05, 4.69) is 15.0 Å². The molecule has 35 heavy (non-hydrogen) atoms. The van der Waals surface area contributed by atoms with Gasteiger partial charge in [0.05, 0.1) is 17.7 Å². The third kappa shape index (κ3) is 4.76. The predicted molar refractivity (Wildman–Crippen MR) is 109 cm³/mol. The maximum Gasteiger partial charge on any atom is 0.417 e. The SMILES string of the molecule is CCOC(=O)N1C=CN(c2ccc(C(F)(F)F)cn2)C1c1nccn1-c1ccc(C(F)(F)F)cn1. The van der Waals surface area contributed by atoms with Gasteiger partial charge in [-0.2, -0.15) is 26.3 Å². The molecule has 1 amide bonds. The van der Waals surface area contributed by atoms with Crippen LogP contribution in [0, 0.1) is 0 Å². The molecule has 4 heterocycles. The lowest BCUT2D eigenvalue weighted by atomic mass is 10.2. The molecule has 184 valence electrons. The van der Waals surface area contributed by atoms with Crippen LogP contribution in [0.4, 0.5) is 37.0 Å². The van der Waals surface area contributed by atoms with E-state index in [-0.39, 0.29) is 24.1 Å². The zero-order valence-corrected chi connectivity index (χ0v) is 17.8. The molecule has 3 aromatic rings. The van der Waals surface area contributed by atoms with E-state index in [0.29, 0.717) is 12.4 Å². The highest BCUT2D eigenvalue weighted by molar-refractivity contribution is 5.72. The van der Waals surface area contributed by atoms with Gasteiger partial charge in [-0.05, 0) is 31.2 Å². The molecule has 8 nitrogen and oxygen atoms in total. The van der Waals surface area contributed by atoms with Crippen molar-refractivity contribution >= 4 is 11.9 Å². The third-order valence-corrected chi connectivity index (χ3v) is 4.96. The Morgan fingerprint density at radius 2 is 1.51 bits per heavy atom. The number of alkyl halides is 6. The molecule has 14 heteroatoms. The van der Waals surface area contributed by atoms with Gasteiger partial charge in [0, 0.05) is 37.2 Å². The fourth-order valence-electron chi connectivity index (χ4n) is 3.35. The number of aromatic nitrogens is 4. The highest BCUT2D eigenvalue weighted by Gasteiger charge is 2.39. The number of imidazole rings is 1. The first-order valence-electron chi connectivity index (χ1n) is 10.0. The zero-order chi connectivity index (χ0) is 25.4. The number of ether oxygens (including phenoxy) is 1. The molecule has 0 fully saturated rings. The van der Waals surface area contributed by atoms with Crippen molar-refractivity contribution in [1.29, 1.82) is 0 Å². The molecular formula is C21H16F6N6O2. The van der Waals surface area contributed by atoms with Gasteiger partial charge < -0.3 is 9.64 Å². The number of carbonyl (C=O) groups is 1. The molecule has 0 saturated heterocycles. The standard InChI is InChI=1S/C21H16F6N6O2/c1-2-35-19(34)33-10-9-32(16-6-4-14(12-30-16)21(25,26)27)18(33)17-28-7-8-31(17)15-5-3-13(11-29-15)20(22,23)24/h3-12,18H,2H2,1H3. The molecule has 1 unspecified atom stereocenters. The zero-order valence-electron chi connectivity index (χ0n) is 17.8. The molecule has 3 aromatic heterocycles. The first-order valence-corrected chi connectivity index (χ1v) is 10.0. The van der Waals surface area contributed by atoms with Crippen LogP contribution < -0.4 is 4.90 Å². The summed E-state index contributed by atoms with van der Waals surface area (Å²) in [5.74, 6) is 0.250. The fourth-order valence-corrected chi connectivity index (χ4v) is 3.35. The fraction of sp³-hybridized carbons (Fsp3) is 0.238. The molecule has 0 bridgehead atoms. The van der Waals surface area contributed by atoms with Crippen molar-refractivity contribution in [2.24, 2.45) is 0 Å². The normalized spacial score (nSPS) is 16.1. The summed E-state index contributed by atoms with van der Waals surface area (Å²) in [6, 6.07) is 3.94. The topological polar surface area (TPSA) is 76.4 Å². The maximum atomic E-state index is 13.0. The largest absolute Gasteiger partial charge is 0.449 e. The van der Waals surface area contributed by atoms with Crippen molar-refractivity contribution in [1.82, 2.24) is 24.4 Å². The summed E-state index contributed by atoms with van der Waals surface area (Å²) in [5, 5.41) is 0. The highest BCUT2D eigenvalue weighted by atomic mass is 19.4. The lowest BCUT2D eigenvalue weighted by molar-refractivity contribution is -0.138. The molecule has 0 radical (unpaired) electrons. The molecule has 4 rings (SSSR count). The summed E-state index contributed by atoms with van der Waals surface area (Å²) in [6.45, 7) is 1.64. The minimum absolute atomic E-state index is 0.0450. The van der Waals surface area contributed by atoms with Crippen molar-refractivity contribution in [3.05, 3.63) is 78.4 Å². The van der Waals surface area contributed by atoms with Crippen LogP contribution in [0.1, 0.15) is 30.0 Å². The second kappa shape index (κ2) is 8.92. The van der Waals surface area contributed by atoms with E-state index in [1.165, 1.54) is 34.3 Å². The lowest BCUT2D eigenvalue weighted by Gasteiger charge is -2.30. The molecule has 1 aliphatic heterocycles. The number of anilines is 1. The summed E-state index contributed by atoms with van der Waals surface area (Å²) in [6.07, 6.45) is -4.23. The number of amides is 1. The van der Waals surface area contributed by atoms with Gasteiger partial charge in [-0.25, -0.2) is 19.7 Å². The summed E-state index contributed by atoms with van der Waals surface area (Å²) in [4.78, 5) is 27.1. The van der Waals surface area contributed by atoms with Crippen LogP contribution in [0.25, 0.3) is 5.82 Å². The van der Waals surface area contributed by atoms with E-state index < -0.39 is 35.7 Å². The Balaban J connectivity index is 1.74. The Hall–Kier alpha value is -4.10. The van der Waals surface area contributed by atoms with Gasteiger partial charge in [0.25, 0.3) is 0 Å². The van der Waals surface area contributed by atoms with Crippen LogP contribution in [0.3, 0.4) is 0 Å². The number of halogens is 6. The first-order chi connectivity index (χ1) is 16.5. The van der Waals surface area contributed by atoms with Crippen LogP contribution in [-0.2, 0) is 17.1 Å². The van der Waals surface area contributed by atoms with Crippen LogP contribution in [-0.4, -0.2) is 37.1 Å². The number of pyridine rings is 2. The molecule has 1 atom stereocenters. The lowest BCUT2D eigenvalue weighted by Crippen LogP contribution is -2.37. The average Bonchev–Trinajstić information content (AvgIpc) is 3.45. The van der Waals surface area contributed by atoms with Gasteiger partial charge in [0.15, 0.2) is 12.0 Å². The Kier molecular flexibility index (Phi) is 6.13. The third-order valence-electron chi connectivity index (χ3n) is 4.96. The Labute approximate surface area is 194 Å². The maximum absolute atomic E-state index is 13.0. The van der Waals surface area contributed by atoms with Crippen molar-refractivity contribution in [3.8, 4) is 5.82 Å². The van der Waals surface area contributed by atoms with E-state index in [1.807, 2.05) is 0 Å². The second-order valence-electron chi connectivity index (χ2n) is 7.15. The minimum atomic E-state index is -4.59. The molecule has 0 spiro atoms. The summed E-state index contributed by atoms with van der Waals surface area (Å²) >= 11 is 0. The minimum Gasteiger partial charge on any atom is -0.449 e. The summed E-state index contributed by atoms with van der Waals surface area (Å²) in [5.41, 5.74) is -1.91. The van der Waals surface area contributed by atoms with Gasteiger partial charge in [-0.1, -0.05) is 0 Å². The number of carbonyl (C=O) groups excluding carboxylic acids is 1. The molecule has 0 saturated carbocycles. The van der Waals surface area contributed by atoms with Gasteiger partial charge in [0.1, 0.15) is 11.6 Å². The molecule has 0 aromatic carbocycles. The quantitative estimate of drug-likeness (QED) is 0.464. The Morgan fingerprint density at radius 3 is 2.03 bits per heavy atom. The van der Waals surface area contributed by atoms with E-state index in [1.54, 1.807) is 6.92 Å². The van der Waals surface area contributed by atoms with Crippen molar-refractivity contribution in [3.63, 3.8) is 0 Å². The van der Waals surface area contributed by atoms with E-state index >= 15 is 0 Å². The van der Waals surface area contributed by atoms with Crippen LogP contribution in [0.2, 0.25) is 0 Å². The summed E-state index contributed by atoms with van der Waals surface area (Å²) < 4.78 is 84.1. The molecular weight excluding hydrogens is 482 g/mol. The number of rotatable bonds is 4. The molecule has 0 N–H and O–H groups in total. The number of nitrogens with zero attached hydrogens (tertiary/aromatic N) is 6. The highest BCUT2D eigenvalue weighted by Crippen LogP contribution is 2.37. The smallest absolute Gasteiger partial charge is 0.417 e. The van der Waals surface area contributed by atoms with E-state index in [4.69, 9.17) is 4.74 Å². The van der Waals surface area contributed by atoms with E-state index in [0.717, 1.165) is 29.2 Å². The van der Waals surface area contributed by atoms with Crippen LogP contribution >= 0.6 is 0 Å². The van der Waals surface area contributed by atoms with Crippen LogP contribution in [0.5, 0.6) is 0 Å². The van der Waals surface area contributed by atoms with Crippen molar-refractivity contribution in [2.45, 2.75) is 25.4 Å². The van der Waals surface area contributed by atoms with Gasteiger partial charge in [-0.3, -0.25) is 9.47 Å². The Morgan fingerprint density at radius 1 is 0.914 bits per heavy atom. The monoisotopic (exact) mass is 498 g/mol. The average molecular weight is 498 g/mol. The predicted octanol–water partition coefficient (Wildman–Crippen LogP) is 5.15. The van der Waals surface area contributed by atoms with Crippen molar-refractivity contribution < 1.29 is 35.9 Å². The second-order valence-corrected chi connectivity index (χ2v) is 7.15.